The van der Waals surface area contributed by atoms with Crippen molar-refractivity contribution in [2.24, 2.45) is 0 Å². The highest BCUT2D eigenvalue weighted by Crippen LogP contribution is 2.33. The fourth-order valence-electron chi connectivity index (χ4n) is 3.02. The molecule has 0 aliphatic carbocycles. The molecule has 148 valence electrons. The van der Waals surface area contributed by atoms with Gasteiger partial charge in [0, 0.05) is 11.6 Å². The van der Waals surface area contributed by atoms with E-state index >= 15 is 0 Å². The van der Waals surface area contributed by atoms with Gasteiger partial charge >= 0.3 is 0 Å². The third kappa shape index (κ3) is 3.58. The number of hydrogen-bond donors (Lipinski definition) is 0. The number of hydrogen-bond acceptors (Lipinski definition) is 9. The molecule has 0 saturated heterocycles. The molecule has 0 N–H and O–H groups in total. The lowest BCUT2D eigenvalue weighted by Gasteiger charge is -2.19. The summed E-state index contributed by atoms with van der Waals surface area (Å²) in [6.45, 7) is 2.01. The fourth-order valence-corrected chi connectivity index (χ4v) is 3.81. The van der Waals surface area contributed by atoms with Crippen LogP contribution in [-0.2, 0) is 0 Å². The van der Waals surface area contributed by atoms with Gasteiger partial charge in [0.1, 0.15) is 26.4 Å². The number of ether oxygens (including phenoxy) is 4. The van der Waals surface area contributed by atoms with Crippen molar-refractivity contribution in [2.45, 2.75) is 5.16 Å². The molecule has 2 aliphatic rings. The second-order valence-electron chi connectivity index (χ2n) is 6.27. The van der Waals surface area contributed by atoms with Crippen molar-refractivity contribution >= 4 is 17.5 Å². The maximum Gasteiger partial charge on any atom is 0.214 e. The van der Waals surface area contributed by atoms with Crippen LogP contribution >= 0.6 is 11.8 Å². The van der Waals surface area contributed by atoms with Crippen molar-refractivity contribution in [3.05, 3.63) is 42.0 Å². The average molecular weight is 412 g/mol. The molecule has 2 aliphatic heterocycles. The largest absolute Gasteiger partial charge is 0.486 e. The Balaban J connectivity index is 1.31. The third-order valence-electron chi connectivity index (χ3n) is 4.41. The summed E-state index contributed by atoms with van der Waals surface area (Å²) in [6, 6.07) is 10.7. The second-order valence-corrected chi connectivity index (χ2v) is 7.21. The van der Waals surface area contributed by atoms with Crippen molar-refractivity contribution in [3.63, 3.8) is 0 Å². The first kappa shape index (κ1) is 17.8. The highest BCUT2D eigenvalue weighted by molar-refractivity contribution is 7.99. The zero-order valence-corrected chi connectivity index (χ0v) is 16.1. The number of rotatable bonds is 5. The highest BCUT2D eigenvalue weighted by atomic mass is 32.2. The summed E-state index contributed by atoms with van der Waals surface area (Å²) in [6.07, 6.45) is 0. The van der Waals surface area contributed by atoms with Crippen LogP contribution in [0, 0.1) is 0 Å². The summed E-state index contributed by atoms with van der Waals surface area (Å²) in [5.74, 6) is 2.72. The van der Waals surface area contributed by atoms with Gasteiger partial charge in [-0.15, -0.1) is 5.10 Å². The standard InChI is InChI=1S/C19H16N4O5S/c24-14(12-1-3-15-17(9-12)27-7-5-25-15)11-29-19-20-21-22-23(19)13-2-4-16-18(10-13)28-8-6-26-16/h1-4,9-10H,5-8,11H2. The van der Waals surface area contributed by atoms with Gasteiger partial charge in [-0.1, -0.05) is 11.8 Å². The molecule has 1 aromatic heterocycles. The molecule has 0 spiro atoms. The number of carbonyl (C=O) groups is 1. The van der Waals surface area contributed by atoms with Crippen molar-refractivity contribution in [1.82, 2.24) is 20.2 Å². The van der Waals surface area contributed by atoms with E-state index in [9.17, 15) is 4.79 Å². The quantitative estimate of drug-likeness (QED) is 0.461. The summed E-state index contributed by atoms with van der Waals surface area (Å²) in [5, 5.41) is 12.3. The predicted octanol–water partition coefficient (Wildman–Crippen LogP) is 2.18. The van der Waals surface area contributed by atoms with E-state index in [1.165, 1.54) is 11.8 Å². The summed E-state index contributed by atoms with van der Waals surface area (Å²) >= 11 is 1.26. The van der Waals surface area contributed by atoms with Crippen LogP contribution in [0.4, 0.5) is 0 Å². The summed E-state index contributed by atoms with van der Waals surface area (Å²) in [4.78, 5) is 12.6. The minimum absolute atomic E-state index is 0.0521. The molecule has 3 aromatic rings. The van der Waals surface area contributed by atoms with Gasteiger partial charge in [0.2, 0.25) is 5.16 Å². The van der Waals surface area contributed by atoms with E-state index in [4.69, 9.17) is 18.9 Å². The van der Waals surface area contributed by atoms with Crippen molar-refractivity contribution in [3.8, 4) is 28.7 Å². The van der Waals surface area contributed by atoms with Gasteiger partial charge in [-0.3, -0.25) is 4.79 Å². The zero-order chi connectivity index (χ0) is 19.6. The summed E-state index contributed by atoms with van der Waals surface area (Å²) < 4.78 is 23.8. The molecule has 0 atom stereocenters. The predicted molar refractivity (Wildman–Crippen MR) is 103 cm³/mol. The van der Waals surface area contributed by atoms with Crippen LogP contribution in [0.25, 0.3) is 5.69 Å². The maximum absolute atomic E-state index is 12.6. The van der Waals surface area contributed by atoms with Crippen molar-refractivity contribution < 1.29 is 23.7 Å². The van der Waals surface area contributed by atoms with Gasteiger partial charge in [0.25, 0.3) is 0 Å². The average Bonchev–Trinajstić information content (AvgIpc) is 3.25. The maximum atomic E-state index is 12.6. The first-order valence-corrected chi connectivity index (χ1v) is 10.0. The molecule has 0 radical (unpaired) electrons. The van der Waals surface area contributed by atoms with Gasteiger partial charge in [-0.2, -0.15) is 4.68 Å². The van der Waals surface area contributed by atoms with Gasteiger partial charge in [0.15, 0.2) is 28.8 Å². The minimum atomic E-state index is -0.0521. The lowest BCUT2D eigenvalue weighted by molar-refractivity contribution is 0.102. The van der Waals surface area contributed by atoms with Gasteiger partial charge in [0.05, 0.1) is 11.4 Å². The van der Waals surface area contributed by atoms with Crippen LogP contribution in [0.1, 0.15) is 10.4 Å². The number of benzene rings is 2. The van der Waals surface area contributed by atoms with Crippen molar-refractivity contribution in [1.29, 1.82) is 0 Å². The van der Waals surface area contributed by atoms with Crippen LogP contribution in [-0.4, -0.2) is 58.2 Å². The number of thioether (sulfide) groups is 1. The molecule has 0 unspecified atom stereocenters. The van der Waals surface area contributed by atoms with E-state index in [1.54, 1.807) is 22.9 Å². The summed E-state index contributed by atoms with van der Waals surface area (Å²) in [5.41, 5.74) is 1.29. The Labute approximate surface area is 169 Å². The van der Waals surface area contributed by atoms with Crippen molar-refractivity contribution in [2.75, 3.05) is 32.2 Å². The second kappa shape index (κ2) is 7.63. The molecule has 0 amide bonds. The zero-order valence-electron chi connectivity index (χ0n) is 15.2. The van der Waals surface area contributed by atoms with E-state index in [2.05, 4.69) is 15.5 Å². The Morgan fingerprint density at radius 1 is 0.897 bits per heavy atom. The first-order chi connectivity index (χ1) is 14.3. The molecule has 5 rings (SSSR count). The molecule has 0 saturated carbocycles. The van der Waals surface area contributed by atoms with Crippen LogP contribution in [0.2, 0.25) is 0 Å². The van der Waals surface area contributed by atoms with E-state index in [-0.39, 0.29) is 11.5 Å². The Morgan fingerprint density at radius 3 is 2.31 bits per heavy atom. The van der Waals surface area contributed by atoms with Crippen LogP contribution in [0.5, 0.6) is 23.0 Å². The number of carbonyl (C=O) groups excluding carboxylic acids is 1. The number of Topliss-reactive ketones (excluding diaryl/α,β-unsaturated/α-hetero) is 1. The number of nitrogens with zero attached hydrogens (tertiary/aromatic N) is 4. The Morgan fingerprint density at radius 2 is 1.55 bits per heavy atom. The van der Waals surface area contributed by atoms with Gasteiger partial charge in [-0.25, -0.2) is 0 Å². The van der Waals surface area contributed by atoms with E-state index in [0.717, 1.165) is 5.69 Å². The molecule has 0 bridgehead atoms. The molecule has 0 fully saturated rings. The molecule has 2 aromatic carbocycles. The minimum Gasteiger partial charge on any atom is -0.486 e. The topological polar surface area (TPSA) is 97.6 Å². The molecular weight excluding hydrogens is 396 g/mol. The number of tetrazole rings is 1. The Hall–Kier alpha value is -3.27. The SMILES string of the molecule is O=C(CSc1nnnn1-c1ccc2c(c1)OCCO2)c1ccc2c(c1)OCCO2. The number of aromatic nitrogens is 4. The summed E-state index contributed by atoms with van der Waals surface area (Å²) in [7, 11) is 0. The number of ketones is 1. The van der Waals surface area contributed by atoms with Crippen LogP contribution in [0.15, 0.2) is 41.6 Å². The van der Waals surface area contributed by atoms with E-state index in [0.29, 0.717) is 60.1 Å². The van der Waals surface area contributed by atoms with E-state index < -0.39 is 0 Å². The molecule has 29 heavy (non-hydrogen) atoms. The molecular formula is C19H16N4O5S. The smallest absolute Gasteiger partial charge is 0.214 e. The normalized spacial score (nSPS) is 14.5. The highest BCUT2D eigenvalue weighted by Gasteiger charge is 2.18. The molecule has 9 nitrogen and oxygen atoms in total. The number of fused-ring (bicyclic) bond motifs is 2. The Bertz CT molecular complexity index is 1070. The third-order valence-corrected chi connectivity index (χ3v) is 5.33. The lowest BCUT2D eigenvalue weighted by atomic mass is 10.1. The van der Waals surface area contributed by atoms with Crippen LogP contribution in [0.3, 0.4) is 0 Å². The fraction of sp³-hybridized carbons (Fsp3) is 0.263. The Kier molecular flexibility index (Phi) is 4.68. The molecule has 3 heterocycles. The monoisotopic (exact) mass is 412 g/mol. The first-order valence-electron chi connectivity index (χ1n) is 9.02. The van der Waals surface area contributed by atoms with Gasteiger partial charge in [-0.05, 0) is 40.8 Å². The molecule has 10 heteroatoms. The van der Waals surface area contributed by atoms with E-state index in [1.807, 2.05) is 18.2 Å². The van der Waals surface area contributed by atoms with Gasteiger partial charge < -0.3 is 18.9 Å². The van der Waals surface area contributed by atoms with Crippen LogP contribution < -0.4 is 18.9 Å². The lowest BCUT2D eigenvalue weighted by Crippen LogP contribution is -2.16.